The number of hydrogen-bond donors (Lipinski definition) is 1. The van der Waals surface area contributed by atoms with Crippen molar-refractivity contribution >= 4 is 0 Å². The van der Waals surface area contributed by atoms with Gasteiger partial charge in [-0.25, -0.2) is 0 Å². The first-order chi connectivity index (χ1) is 10.3. The van der Waals surface area contributed by atoms with E-state index in [-0.39, 0.29) is 0 Å². The van der Waals surface area contributed by atoms with Crippen LogP contribution in [-0.4, -0.2) is 10.1 Å². The van der Waals surface area contributed by atoms with E-state index in [0.29, 0.717) is 24.7 Å². The van der Waals surface area contributed by atoms with Crippen LogP contribution in [0.3, 0.4) is 0 Å². The summed E-state index contributed by atoms with van der Waals surface area (Å²) < 4.78 is 5.35. The lowest BCUT2D eigenvalue weighted by atomic mass is 10.0. The molecule has 0 aliphatic carbocycles. The van der Waals surface area contributed by atoms with Gasteiger partial charge in [-0.3, -0.25) is 0 Å². The molecule has 3 aromatic rings. The largest absolute Gasteiger partial charge is 0.339 e. The smallest absolute Gasteiger partial charge is 0.231 e. The highest BCUT2D eigenvalue weighted by Gasteiger charge is 2.10. The maximum Gasteiger partial charge on any atom is 0.231 e. The molecule has 0 amide bonds. The first-order valence-corrected chi connectivity index (χ1v) is 6.93. The standard InChI is InChI=1S/C17H17N3O/c1-12-6-8-13(9-7-12)17-19-16(21-20-17)10-14-4-2-3-5-15(14)11-18/h2-9H,10-11,18H2,1H3. The summed E-state index contributed by atoms with van der Waals surface area (Å²) in [5, 5.41) is 4.05. The molecule has 0 unspecified atom stereocenters. The molecule has 0 radical (unpaired) electrons. The summed E-state index contributed by atoms with van der Waals surface area (Å²) in [6.45, 7) is 2.56. The molecule has 0 bridgehead atoms. The number of benzene rings is 2. The molecular formula is C17H17N3O. The van der Waals surface area contributed by atoms with Gasteiger partial charge in [0.05, 0.1) is 6.42 Å². The number of aryl methyl sites for hydroxylation is 1. The summed E-state index contributed by atoms with van der Waals surface area (Å²) in [6.07, 6.45) is 0.603. The molecule has 1 aromatic heterocycles. The summed E-state index contributed by atoms with van der Waals surface area (Å²) in [5.74, 6) is 1.22. The van der Waals surface area contributed by atoms with Crippen molar-refractivity contribution < 1.29 is 4.52 Å². The van der Waals surface area contributed by atoms with E-state index in [1.807, 2.05) is 48.5 Å². The van der Waals surface area contributed by atoms with Crippen LogP contribution < -0.4 is 5.73 Å². The quantitative estimate of drug-likeness (QED) is 0.797. The maximum atomic E-state index is 5.75. The Morgan fingerprint density at radius 3 is 2.43 bits per heavy atom. The van der Waals surface area contributed by atoms with Crippen LogP contribution in [0.2, 0.25) is 0 Å². The lowest BCUT2D eigenvalue weighted by Crippen LogP contribution is -2.02. The first-order valence-electron chi connectivity index (χ1n) is 6.93. The summed E-state index contributed by atoms with van der Waals surface area (Å²) in [7, 11) is 0. The van der Waals surface area contributed by atoms with E-state index < -0.39 is 0 Å². The molecule has 0 spiro atoms. The fourth-order valence-electron chi connectivity index (χ4n) is 2.24. The van der Waals surface area contributed by atoms with Gasteiger partial charge >= 0.3 is 0 Å². The third kappa shape index (κ3) is 3.01. The molecule has 0 saturated heterocycles. The van der Waals surface area contributed by atoms with Crippen LogP contribution >= 0.6 is 0 Å². The van der Waals surface area contributed by atoms with Crippen LogP contribution in [0, 0.1) is 6.92 Å². The molecule has 106 valence electrons. The van der Waals surface area contributed by atoms with Crippen molar-refractivity contribution in [3.63, 3.8) is 0 Å². The third-order valence-electron chi connectivity index (χ3n) is 3.46. The Kier molecular flexibility index (Phi) is 3.79. The normalized spacial score (nSPS) is 10.8. The van der Waals surface area contributed by atoms with E-state index in [1.165, 1.54) is 5.56 Å². The van der Waals surface area contributed by atoms with Gasteiger partial charge in [0.2, 0.25) is 11.7 Å². The van der Waals surface area contributed by atoms with Crippen LogP contribution in [0.15, 0.2) is 53.1 Å². The first kappa shape index (κ1) is 13.5. The van der Waals surface area contributed by atoms with Crippen molar-refractivity contribution in [3.05, 3.63) is 71.1 Å². The molecule has 2 N–H and O–H groups in total. The van der Waals surface area contributed by atoms with Crippen LogP contribution in [-0.2, 0) is 13.0 Å². The molecular weight excluding hydrogens is 262 g/mol. The van der Waals surface area contributed by atoms with Crippen molar-refractivity contribution in [3.8, 4) is 11.4 Å². The topological polar surface area (TPSA) is 64.9 Å². The van der Waals surface area contributed by atoms with Crippen LogP contribution in [0.4, 0.5) is 0 Å². The number of nitrogens with two attached hydrogens (primary N) is 1. The lowest BCUT2D eigenvalue weighted by molar-refractivity contribution is 0.385. The highest BCUT2D eigenvalue weighted by atomic mass is 16.5. The highest BCUT2D eigenvalue weighted by molar-refractivity contribution is 5.54. The fraction of sp³-hybridized carbons (Fsp3) is 0.176. The average molecular weight is 279 g/mol. The number of aromatic nitrogens is 2. The molecule has 21 heavy (non-hydrogen) atoms. The van der Waals surface area contributed by atoms with Gasteiger partial charge in [-0.15, -0.1) is 0 Å². The van der Waals surface area contributed by atoms with Crippen LogP contribution in [0.25, 0.3) is 11.4 Å². The third-order valence-corrected chi connectivity index (χ3v) is 3.46. The summed E-state index contributed by atoms with van der Waals surface area (Å²) >= 11 is 0. The minimum Gasteiger partial charge on any atom is -0.339 e. The van der Waals surface area contributed by atoms with E-state index in [9.17, 15) is 0 Å². The van der Waals surface area contributed by atoms with E-state index in [4.69, 9.17) is 10.3 Å². The predicted octanol–water partition coefficient (Wildman–Crippen LogP) is 3.09. The molecule has 2 aromatic carbocycles. The Hall–Kier alpha value is -2.46. The zero-order valence-electron chi connectivity index (χ0n) is 11.9. The average Bonchev–Trinajstić information content (AvgIpc) is 2.97. The van der Waals surface area contributed by atoms with Gasteiger partial charge in [0, 0.05) is 12.1 Å². The highest BCUT2D eigenvalue weighted by Crippen LogP contribution is 2.18. The Bertz CT molecular complexity index is 732. The minimum absolute atomic E-state index is 0.509. The summed E-state index contributed by atoms with van der Waals surface area (Å²) in [6, 6.07) is 16.1. The monoisotopic (exact) mass is 279 g/mol. The van der Waals surface area contributed by atoms with Gasteiger partial charge in [-0.1, -0.05) is 59.3 Å². The lowest BCUT2D eigenvalue weighted by Gasteiger charge is -2.03. The van der Waals surface area contributed by atoms with Crippen molar-refractivity contribution in [2.45, 2.75) is 19.9 Å². The van der Waals surface area contributed by atoms with Crippen LogP contribution in [0.1, 0.15) is 22.6 Å². The minimum atomic E-state index is 0.509. The molecule has 3 rings (SSSR count). The second-order valence-electron chi connectivity index (χ2n) is 5.03. The van der Waals surface area contributed by atoms with Gasteiger partial charge in [0.15, 0.2) is 0 Å². The maximum absolute atomic E-state index is 5.75. The zero-order chi connectivity index (χ0) is 14.7. The van der Waals surface area contributed by atoms with Crippen molar-refractivity contribution in [1.82, 2.24) is 10.1 Å². The van der Waals surface area contributed by atoms with E-state index in [1.54, 1.807) is 0 Å². The predicted molar refractivity (Wildman–Crippen MR) is 81.6 cm³/mol. The number of nitrogens with zero attached hydrogens (tertiary/aromatic N) is 2. The van der Waals surface area contributed by atoms with Crippen molar-refractivity contribution in [2.24, 2.45) is 5.73 Å². The molecule has 0 fully saturated rings. The summed E-state index contributed by atoms with van der Waals surface area (Å²) in [4.78, 5) is 4.46. The second kappa shape index (κ2) is 5.89. The van der Waals surface area contributed by atoms with Crippen molar-refractivity contribution in [2.75, 3.05) is 0 Å². The molecule has 4 nitrogen and oxygen atoms in total. The van der Waals surface area contributed by atoms with E-state index in [2.05, 4.69) is 17.1 Å². The molecule has 1 heterocycles. The Morgan fingerprint density at radius 2 is 1.71 bits per heavy atom. The molecule has 0 aliphatic heterocycles. The van der Waals surface area contributed by atoms with Gasteiger partial charge in [-0.2, -0.15) is 4.98 Å². The Labute approximate surface area is 123 Å². The second-order valence-corrected chi connectivity index (χ2v) is 5.03. The Morgan fingerprint density at radius 1 is 1.00 bits per heavy atom. The number of hydrogen-bond acceptors (Lipinski definition) is 4. The molecule has 0 aliphatic rings. The molecule has 0 saturated carbocycles. The van der Waals surface area contributed by atoms with E-state index in [0.717, 1.165) is 16.7 Å². The zero-order valence-corrected chi connectivity index (χ0v) is 11.9. The van der Waals surface area contributed by atoms with Crippen LogP contribution in [0.5, 0.6) is 0 Å². The summed E-state index contributed by atoms with van der Waals surface area (Å²) in [5.41, 5.74) is 10.1. The van der Waals surface area contributed by atoms with Gasteiger partial charge in [-0.05, 0) is 18.1 Å². The number of rotatable bonds is 4. The molecule has 0 atom stereocenters. The fourth-order valence-corrected chi connectivity index (χ4v) is 2.24. The SMILES string of the molecule is Cc1ccc(-c2noc(Cc3ccccc3CN)n2)cc1. The van der Waals surface area contributed by atoms with Gasteiger partial charge in [0.1, 0.15) is 0 Å². The Balaban J connectivity index is 1.83. The van der Waals surface area contributed by atoms with E-state index >= 15 is 0 Å². The molecule has 4 heteroatoms. The van der Waals surface area contributed by atoms with Crippen molar-refractivity contribution in [1.29, 1.82) is 0 Å². The van der Waals surface area contributed by atoms with Gasteiger partial charge < -0.3 is 10.3 Å². The van der Waals surface area contributed by atoms with Gasteiger partial charge in [0.25, 0.3) is 0 Å².